The lowest BCUT2D eigenvalue weighted by Gasteiger charge is -2.12. The van der Waals surface area contributed by atoms with E-state index in [4.69, 9.17) is 5.73 Å². The van der Waals surface area contributed by atoms with Gasteiger partial charge in [-0.15, -0.1) is 0 Å². The van der Waals surface area contributed by atoms with Gasteiger partial charge in [0.25, 0.3) is 0 Å². The van der Waals surface area contributed by atoms with Gasteiger partial charge < -0.3 is 15.6 Å². The minimum absolute atomic E-state index is 0.00941. The molecule has 1 aromatic carbocycles. The third-order valence-electron chi connectivity index (χ3n) is 3.70. The van der Waals surface area contributed by atoms with Crippen LogP contribution >= 0.6 is 0 Å². The number of aromatic nitrogens is 2. The molecule has 1 heterocycles. The minimum Gasteiger partial charge on any atom is -0.356 e. The number of nitrogens with two attached hydrogens (primary N) is 1. The Kier molecular flexibility index (Phi) is 6.15. The largest absolute Gasteiger partial charge is 0.356 e. The predicted molar refractivity (Wildman–Crippen MR) is 87.2 cm³/mol. The molecule has 2 aromatic rings. The number of rotatable bonds is 8. The lowest BCUT2D eigenvalue weighted by atomic mass is 10.0. The van der Waals surface area contributed by atoms with Crippen molar-refractivity contribution < 1.29 is 4.79 Å². The number of hydrogen-bond donors (Lipinski definition) is 2. The number of imidazole rings is 1. The van der Waals surface area contributed by atoms with E-state index in [2.05, 4.69) is 14.9 Å². The first-order chi connectivity index (χ1) is 10.7. The quantitative estimate of drug-likeness (QED) is 0.734. The maximum Gasteiger partial charge on any atom is 0.221 e. The van der Waals surface area contributed by atoms with Crippen molar-refractivity contribution in [1.29, 1.82) is 0 Å². The summed E-state index contributed by atoms with van der Waals surface area (Å²) < 4.78 is 2.12. The van der Waals surface area contributed by atoms with Crippen LogP contribution in [0.25, 0.3) is 0 Å². The number of unbranched alkanes of at least 4 members (excludes halogenated alkanes) is 1. The maximum absolute atomic E-state index is 11.9. The molecule has 0 aliphatic rings. The Balaban J connectivity index is 1.61. The Morgan fingerprint density at radius 2 is 2.09 bits per heavy atom. The average Bonchev–Trinajstić information content (AvgIpc) is 2.93. The van der Waals surface area contributed by atoms with E-state index >= 15 is 0 Å². The molecule has 0 bridgehead atoms. The first-order valence-corrected chi connectivity index (χ1v) is 7.72. The summed E-state index contributed by atoms with van der Waals surface area (Å²) in [5, 5.41) is 2.93. The van der Waals surface area contributed by atoms with Crippen LogP contribution < -0.4 is 11.1 Å². The summed E-state index contributed by atoms with van der Waals surface area (Å²) in [6.45, 7) is 3.62. The zero-order chi connectivity index (χ0) is 15.8. The van der Waals surface area contributed by atoms with E-state index in [1.54, 1.807) is 0 Å². The summed E-state index contributed by atoms with van der Waals surface area (Å²) in [4.78, 5) is 16.1. The molecular weight excluding hydrogens is 276 g/mol. The first-order valence-electron chi connectivity index (χ1n) is 7.72. The van der Waals surface area contributed by atoms with E-state index in [0.717, 1.165) is 30.8 Å². The van der Waals surface area contributed by atoms with Crippen molar-refractivity contribution in [2.24, 2.45) is 5.73 Å². The molecule has 3 N–H and O–H groups in total. The molecule has 0 spiro atoms. The van der Waals surface area contributed by atoms with Gasteiger partial charge in [0, 0.05) is 37.9 Å². The number of carbonyl (C=O) groups excluding carboxylic acids is 1. The van der Waals surface area contributed by atoms with E-state index in [9.17, 15) is 4.79 Å². The molecule has 0 aliphatic carbocycles. The fourth-order valence-electron chi connectivity index (χ4n) is 2.36. The fraction of sp³-hybridized carbons (Fsp3) is 0.412. The van der Waals surface area contributed by atoms with Crippen LogP contribution in [0.1, 0.15) is 36.7 Å². The van der Waals surface area contributed by atoms with E-state index in [1.165, 1.54) is 0 Å². The molecule has 0 aliphatic heterocycles. The number of nitrogens with zero attached hydrogens (tertiary/aromatic N) is 2. The predicted octanol–water partition coefficient (Wildman–Crippen LogP) is 2.18. The van der Waals surface area contributed by atoms with E-state index in [0.29, 0.717) is 13.0 Å². The first kappa shape index (κ1) is 16.2. The molecule has 118 valence electrons. The van der Waals surface area contributed by atoms with Crippen LogP contribution in [0.5, 0.6) is 0 Å². The summed E-state index contributed by atoms with van der Waals surface area (Å²) in [5.41, 5.74) is 7.03. The smallest absolute Gasteiger partial charge is 0.221 e. The van der Waals surface area contributed by atoms with E-state index in [-0.39, 0.29) is 11.9 Å². The molecule has 2 rings (SSSR count). The third-order valence-corrected chi connectivity index (χ3v) is 3.70. The van der Waals surface area contributed by atoms with Gasteiger partial charge in [-0.25, -0.2) is 4.98 Å². The molecule has 1 amide bonds. The zero-order valence-electron chi connectivity index (χ0n) is 13.0. The van der Waals surface area contributed by atoms with Gasteiger partial charge >= 0.3 is 0 Å². The van der Waals surface area contributed by atoms with Crippen molar-refractivity contribution >= 4 is 5.91 Å². The molecule has 0 fully saturated rings. The fourth-order valence-corrected chi connectivity index (χ4v) is 2.36. The Morgan fingerprint density at radius 1 is 1.32 bits per heavy atom. The highest BCUT2D eigenvalue weighted by atomic mass is 16.1. The second kappa shape index (κ2) is 8.34. The summed E-state index contributed by atoms with van der Waals surface area (Å²) in [7, 11) is 0. The molecular formula is C17H24N4O. The summed E-state index contributed by atoms with van der Waals surface area (Å²) in [6.07, 6.45) is 6.08. The van der Waals surface area contributed by atoms with Gasteiger partial charge in [-0.1, -0.05) is 30.3 Å². The van der Waals surface area contributed by atoms with Crippen molar-refractivity contribution in [3.63, 3.8) is 0 Å². The number of nitrogens with one attached hydrogen (secondary N) is 1. The number of amides is 1. The van der Waals surface area contributed by atoms with Crippen LogP contribution in [0, 0.1) is 6.92 Å². The Labute approximate surface area is 131 Å². The average molecular weight is 300 g/mol. The zero-order valence-corrected chi connectivity index (χ0v) is 13.0. The summed E-state index contributed by atoms with van der Waals surface area (Å²) in [6, 6.07) is 9.47. The highest BCUT2D eigenvalue weighted by Crippen LogP contribution is 2.12. The van der Waals surface area contributed by atoms with Crippen LogP contribution in [0.3, 0.4) is 0 Å². The van der Waals surface area contributed by atoms with Gasteiger partial charge in [-0.3, -0.25) is 4.79 Å². The molecule has 1 unspecified atom stereocenters. The topological polar surface area (TPSA) is 72.9 Å². The Hall–Kier alpha value is -2.14. The molecule has 22 heavy (non-hydrogen) atoms. The molecule has 1 atom stereocenters. The Morgan fingerprint density at radius 3 is 2.77 bits per heavy atom. The van der Waals surface area contributed by atoms with Crippen LogP contribution in [0.4, 0.5) is 0 Å². The monoisotopic (exact) mass is 300 g/mol. The molecule has 1 aromatic heterocycles. The highest BCUT2D eigenvalue weighted by Gasteiger charge is 2.10. The van der Waals surface area contributed by atoms with Crippen LogP contribution in [-0.2, 0) is 11.3 Å². The van der Waals surface area contributed by atoms with Gasteiger partial charge in [-0.05, 0) is 25.3 Å². The highest BCUT2D eigenvalue weighted by molar-refractivity contribution is 5.76. The van der Waals surface area contributed by atoms with Crippen LogP contribution in [0.2, 0.25) is 0 Å². The summed E-state index contributed by atoms with van der Waals surface area (Å²) in [5.74, 6) is 1.04. The third kappa shape index (κ3) is 5.00. The number of carbonyl (C=O) groups is 1. The Bertz CT molecular complexity index is 579. The van der Waals surface area contributed by atoms with Crippen molar-refractivity contribution in [1.82, 2.24) is 14.9 Å². The number of hydrogen-bond acceptors (Lipinski definition) is 3. The van der Waals surface area contributed by atoms with Gasteiger partial charge in [0.15, 0.2) is 0 Å². The molecule has 0 saturated heterocycles. The van der Waals surface area contributed by atoms with Crippen molar-refractivity contribution in [2.45, 2.75) is 38.8 Å². The lowest BCUT2D eigenvalue weighted by Crippen LogP contribution is -2.28. The standard InChI is InChI=1S/C17H24N4O/c1-14-19-10-12-21(14)11-6-5-9-20-17(22)13-16(18)15-7-3-2-4-8-15/h2-4,7-8,10,12,16H,5-6,9,11,13,18H2,1H3,(H,20,22). The molecule has 0 saturated carbocycles. The van der Waals surface area contributed by atoms with Crippen molar-refractivity contribution in [3.05, 3.63) is 54.1 Å². The molecule has 5 heteroatoms. The summed E-state index contributed by atoms with van der Waals surface area (Å²) >= 11 is 0. The van der Waals surface area contributed by atoms with Gasteiger partial charge in [0.2, 0.25) is 5.91 Å². The normalized spacial score (nSPS) is 12.1. The lowest BCUT2D eigenvalue weighted by molar-refractivity contribution is -0.121. The molecule has 0 radical (unpaired) electrons. The maximum atomic E-state index is 11.9. The van der Waals surface area contributed by atoms with Crippen LogP contribution in [0.15, 0.2) is 42.7 Å². The van der Waals surface area contributed by atoms with Gasteiger partial charge in [-0.2, -0.15) is 0 Å². The van der Waals surface area contributed by atoms with E-state index < -0.39 is 0 Å². The second-order valence-corrected chi connectivity index (χ2v) is 5.45. The van der Waals surface area contributed by atoms with Crippen molar-refractivity contribution in [2.75, 3.05) is 6.54 Å². The van der Waals surface area contributed by atoms with Crippen LogP contribution in [-0.4, -0.2) is 22.0 Å². The minimum atomic E-state index is -0.241. The second-order valence-electron chi connectivity index (χ2n) is 5.45. The molecule has 5 nitrogen and oxygen atoms in total. The van der Waals surface area contributed by atoms with Gasteiger partial charge in [0.05, 0.1) is 0 Å². The SMILES string of the molecule is Cc1nccn1CCCCNC(=O)CC(N)c1ccccc1. The van der Waals surface area contributed by atoms with E-state index in [1.807, 2.05) is 49.6 Å². The van der Waals surface area contributed by atoms with Gasteiger partial charge in [0.1, 0.15) is 5.82 Å². The number of aryl methyl sites for hydroxylation is 2. The van der Waals surface area contributed by atoms with Crippen molar-refractivity contribution in [3.8, 4) is 0 Å². The number of benzene rings is 1.